The van der Waals surface area contributed by atoms with E-state index in [9.17, 15) is 4.79 Å². The molecule has 2 heterocycles. The smallest absolute Gasteiger partial charge is 0.233 e. The molecule has 0 aromatic heterocycles. The summed E-state index contributed by atoms with van der Waals surface area (Å²) < 4.78 is 5.16. The Bertz CT molecular complexity index is 238. The van der Waals surface area contributed by atoms with Crippen LogP contribution in [0.1, 0.15) is 19.8 Å². The van der Waals surface area contributed by atoms with E-state index in [4.69, 9.17) is 10.5 Å². The average Bonchev–Trinajstić information content (AvgIpc) is 2.50. The SMILES string of the molecule is CCC1(C(=O)N2CCC(N)C2)COC1.Cl. The van der Waals surface area contributed by atoms with Crippen molar-refractivity contribution >= 4 is 18.3 Å². The van der Waals surface area contributed by atoms with E-state index in [0.29, 0.717) is 13.2 Å². The van der Waals surface area contributed by atoms with Crippen LogP contribution in [0.25, 0.3) is 0 Å². The Kier molecular flexibility index (Phi) is 3.98. The number of amides is 1. The molecule has 0 aliphatic carbocycles. The van der Waals surface area contributed by atoms with Gasteiger partial charge in [0, 0.05) is 19.1 Å². The normalized spacial score (nSPS) is 28.1. The first-order valence-electron chi connectivity index (χ1n) is 5.31. The van der Waals surface area contributed by atoms with E-state index in [-0.39, 0.29) is 29.8 Å². The molecule has 1 amide bonds. The molecule has 2 aliphatic heterocycles. The molecule has 1 atom stereocenters. The van der Waals surface area contributed by atoms with Gasteiger partial charge in [0.1, 0.15) is 0 Å². The molecule has 2 fully saturated rings. The maximum absolute atomic E-state index is 12.1. The van der Waals surface area contributed by atoms with Crippen molar-refractivity contribution < 1.29 is 9.53 Å². The predicted molar refractivity (Wildman–Crippen MR) is 60.0 cm³/mol. The number of hydrogen-bond donors (Lipinski definition) is 1. The first-order valence-corrected chi connectivity index (χ1v) is 5.31. The maximum Gasteiger partial charge on any atom is 0.233 e. The van der Waals surface area contributed by atoms with Crippen molar-refractivity contribution in [3.05, 3.63) is 0 Å². The van der Waals surface area contributed by atoms with Crippen LogP contribution < -0.4 is 5.73 Å². The molecular weight excluding hydrogens is 216 g/mol. The number of halogens is 1. The van der Waals surface area contributed by atoms with Gasteiger partial charge in [0.15, 0.2) is 0 Å². The van der Waals surface area contributed by atoms with Gasteiger partial charge in [-0.15, -0.1) is 12.4 Å². The molecule has 88 valence electrons. The Morgan fingerprint density at radius 2 is 2.27 bits per heavy atom. The highest BCUT2D eigenvalue weighted by molar-refractivity contribution is 5.85. The summed E-state index contributed by atoms with van der Waals surface area (Å²) in [6.07, 6.45) is 1.81. The fourth-order valence-corrected chi connectivity index (χ4v) is 2.13. The van der Waals surface area contributed by atoms with Crippen LogP contribution in [0.5, 0.6) is 0 Å². The first kappa shape index (κ1) is 12.7. The lowest BCUT2D eigenvalue weighted by molar-refractivity contribution is -0.172. The van der Waals surface area contributed by atoms with Crippen LogP contribution in [0.3, 0.4) is 0 Å². The summed E-state index contributed by atoms with van der Waals surface area (Å²) in [5.41, 5.74) is 5.56. The van der Waals surface area contributed by atoms with Crippen molar-refractivity contribution in [2.24, 2.45) is 11.1 Å². The van der Waals surface area contributed by atoms with E-state index in [1.807, 2.05) is 4.90 Å². The third-order valence-electron chi connectivity index (χ3n) is 3.40. The van der Waals surface area contributed by atoms with Crippen LogP contribution in [0.4, 0.5) is 0 Å². The van der Waals surface area contributed by atoms with Crippen LogP contribution in [0, 0.1) is 5.41 Å². The Balaban J connectivity index is 0.00000112. The van der Waals surface area contributed by atoms with Crippen LogP contribution >= 0.6 is 12.4 Å². The fourth-order valence-electron chi connectivity index (χ4n) is 2.13. The average molecular weight is 235 g/mol. The van der Waals surface area contributed by atoms with E-state index < -0.39 is 0 Å². The summed E-state index contributed by atoms with van der Waals surface area (Å²) in [4.78, 5) is 14.0. The predicted octanol–water partition coefficient (Wildman–Crippen LogP) is 0.394. The molecule has 0 aromatic rings. The minimum absolute atomic E-state index is 0. The molecule has 0 saturated carbocycles. The molecule has 2 N–H and O–H groups in total. The van der Waals surface area contributed by atoms with E-state index in [2.05, 4.69) is 6.92 Å². The van der Waals surface area contributed by atoms with Crippen LogP contribution in [-0.2, 0) is 9.53 Å². The summed E-state index contributed by atoms with van der Waals surface area (Å²) in [7, 11) is 0. The van der Waals surface area contributed by atoms with Gasteiger partial charge in [-0.3, -0.25) is 4.79 Å². The fraction of sp³-hybridized carbons (Fsp3) is 0.900. The maximum atomic E-state index is 12.1. The van der Waals surface area contributed by atoms with E-state index in [0.717, 1.165) is 25.9 Å². The zero-order valence-electron chi connectivity index (χ0n) is 9.07. The summed E-state index contributed by atoms with van der Waals surface area (Å²) in [5.74, 6) is 0.249. The standard InChI is InChI=1S/C10H18N2O2.ClH/c1-2-10(6-14-7-10)9(13)12-4-3-8(11)5-12;/h8H,2-7,11H2,1H3;1H. The lowest BCUT2D eigenvalue weighted by Gasteiger charge is -2.41. The second kappa shape index (κ2) is 4.68. The topological polar surface area (TPSA) is 55.6 Å². The Morgan fingerprint density at radius 1 is 1.60 bits per heavy atom. The number of hydrogen-bond acceptors (Lipinski definition) is 3. The number of rotatable bonds is 2. The van der Waals surface area contributed by atoms with Gasteiger partial charge in [0.2, 0.25) is 5.91 Å². The van der Waals surface area contributed by atoms with Crippen molar-refractivity contribution in [1.82, 2.24) is 4.90 Å². The summed E-state index contributed by atoms with van der Waals surface area (Å²) in [6, 6.07) is 0.175. The highest BCUT2D eigenvalue weighted by atomic mass is 35.5. The molecule has 0 aromatic carbocycles. The van der Waals surface area contributed by atoms with E-state index in [1.54, 1.807) is 0 Å². The third-order valence-corrected chi connectivity index (χ3v) is 3.40. The minimum Gasteiger partial charge on any atom is -0.379 e. The van der Waals surface area contributed by atoms with E-state index >= 15 is 0 Å². The summed E-state index contributed by atoms with van der Waals surface area (Å²) in [5, 5.41) is 0. The molecule has 2 saturated heterocycles. The molecule has 15 heavy (non-hydrogen) atoms. The second-order valence-electron chi connectivity index (χ2n) is 4.43. The number of carbonyl (C=O) groups is 1. The van der Waals surface area contributed by atoms with Crippen LogP contribution in [0.2, 0.25) is 0 Å². The molecular formula is C10H19ClN2O2. The second-order valence-corrected chi connectivity index (χ2v) is 4.43. The van der Waals surface area contributed by atoms with Gasteiger partial charge >= 0.3 is 0 Å². The largest absolute Gasteiger partial charge is 0.379 e. The Labute approximate surface area is 96.5 Å². The zero-order chi connectivity index (χ0) is 10.2. The van der Waals surface area contributed by atoms with Gasteiger partial charge in [-0.2, -0.15) is 0 Å². The van der Waals surface area contributed by atoms with Crippen LogP contribution in [0.15, 0.2) is 0 Å². The van der Waals surface area contributed by atoms with Crippen molar-refractivity contribution in [1.29, 1.82) is 0 Å². The number of nitrogens with two attached hydrogens (primary N) is 1. The summed E-state index contributed by atoms with van der Waals surface area (Å²) in [6.45, 7) is 4.78. The van der Waals surface area contributed by atoms with Gasteiger partial charge in [-0.05, 0) is 12.8 Å². The molecule has 0 radical (unpaired) electrons. The lowest BCUT2D eigenvalue weighted by Crippen LogP contribution is -2.54. The minimum atomic E-state index is -0.218. The molecule has 0 spiro atoms. The third kappa shape index (κ3) is 2.12. The monoisotopic (exact) mass is 234 g/mol. The molecule has 4 nitrogen and oxygen atoms in total. The van der Waals surface area contributed by atoms with Gasteiger partial charge in [0.05, 0.1) is 18.6 Å². The van der Waals surface area contributed by atoms with Crippen molar-refractivity contribution in [2.45, 2.75) is 25.8 Å². The number of carbonyl (C=O) groups excluding carboxylic acids is 1. The molecule has 2 rings (SSSR count). The number of nitrogens with zero attached hydrogens (tertiary/aromatic N) is 1. The van der Waals surface area contributed by atoms with Crippen LogP contribution in [-0.4, -0.2) is 43.2 Å². The molecule has 5 heteroatoms. The number of likely N-dealkylation sites (tertiary alicyclic amines) is 1. The first-order chi connectivity index (χ1) is 6.68. The quantitative estimate of drug-likeness (QED) is 0.752. The zero-order valence-corrected chi connectivity index (χ0v) is 9.89. The van der Waals surface area contributed by atoms with Gasteiger partial charge in [-0.1, -0.05) is 6.92 Å². The highest BCUT2D eigenvalue weighted by Crippen LogP contribution is 2.34. The summed E-state index contributed by atoms with van der Waals surface area (Å²) >= 11 is 0. The van der Waals surface area contributed by atoms with Crippen molar-refractivity contribution in [3.63, 3.8) is 0 Å². The molecule has 1 unspecified atom stereocenters. The Morgan fingerprint density at radius 3 is 2.60 bits per heavy atom. The molecule has 0 bridgehead atoms. The van der Waals surface area contributed by atoms with Gasteiger partial charge < -0.3 is 15.4 Å². The van der Waals surface area contributed by atoms with Crippen molar-refractivity contribution in [2.75, 3.05) is 26.3 Å². The lowest BCUT2D eigenvalue weighted by atomic mass is 9.81. The van der Waals surface area contributed by atoms with Gasteiger partial charge in [-0.25, -0.2) is 0 Å². The van der Waals surface area contributed by atoms with Crippen molar-refractivity contribution in [3.8, 4) is 0 Å². The Hall–Kier alpha value is -0.320. The highest BCUT2D eigenvalue weighted by Gasteiger charge is 2.47. The van der Waals surface area contributed by atoms with E-state index in [1.165, 1.54) is 0 Å². The number of ether oxygens (including phenoxy) is 1. The molecule has 2 aliphatic rings. The van der Waals surface area contributed by atoms with Gasteiger partial charge in [0.25, 0.3) is 0 Å².